The van der Waals surface area contributed by atoms with Crippen LogP contribution in [0.4, 0.5) is 0 Å². The smallest absolute Gasteiger partial charge is 0.161 e. The molecule has 1 aromatic carbocycles. The number of rotatable bonds is 6. The molecule has 0 fully saturated rings. The first-order valence-corrected chi connectivity index (χ1v) is 5.06. The second kappa shape index (κ2) is 6.69. The summed E-state index contributed by atoms with van der Waals surface area (Å²) in [5, 5.41) is 0. The Morgan fingerprint density at radius 3 is 2.67 bits per heavy atom. The summed E-state index contributed by atoms with van der Waals surface area (Å²) in [6.45, 7) is 7.79. The predicted molar refractivity (Wildman–Crippen MR) is 63.6 cm³/mol. The van der Waals surface area contributed by atoms with Gasteiger partial charge in [-0.3, -0.25) is 0 Å². The van der Waals surface area contributed by atoms with Crippen molar-refractivity contribution in [2.24, 2.45) is 0 Å². The number of benzene rings is 1. The normalized spacial score (nSPS) is 9.07. The minimum Gasteiger partial charge on any atom is -0.486 e. The second-order valence-electron chi connectivity index (χ2n) is 3.18. The maximum atomic E-state index is 5.39. The molecule has 0 aliphatic rings. The summed E-state index contributed by atoms with van der Waals surface area (Å²) in [7, 11) is 0. The number of ether oxygens (including phenoxy) is 1. The average Bonchev–Trinajstić information content (AvgIpc) is 2.31. The van der Waals surface area contributed by atoms with Crippen LogP contribution in [-0.4, -0.2) is 6.61 Å². The van der Waals surface area contributed by atoms with Crippen molar-refractivity contribution in [3.05, 3.63) is 66.6 Å². The van der Waals surface area contributed by atoms with Crippen LogP contribution >= 0.6 is 0 Å². The molecule has 0 bridgehead atoms. The molecule has 0 aliphatic heterocycles. The van der Waals surface area contributed by atoms with Crippen molar-refractivity contribution < 1.29 is 4.74 Å². The van der Waals surface area contributed by atoms with Crippen molar-refractivity contribution in [3.63, 3.8) is 0 Å². The van der Waals surface area contributed by atoms with Crippen LogP contribution in [0.1, 0.15) is 12.0 Å². The Morgan fingerprint density at radius 1 is 1.33 bits per heavy atom. The summed E-state index contributed by atoms with van der Waals surface area (Å²) in [5.74, 6) is 0.628. The Bertz CT molecular complexity index is 345. The van der Waals surface area contributed by atoms with Gasteiger partial charge in [-0.15, -0.1) is 0 Å². The largest absolute Gasteiger partial charge is 0.486 e. The van der Waals surface area contributed by atoms with Crippen LogP contribution in [0.5, 0.6) is 0 Å². The van der Waals surface area contributed by atoms with Gasteiger partial charge in [0.2, 0.25) is 0 Å². The highest BCUT2D eigenvalue weighted by Gasteiger charge is 1.93. The van der Waals surface area contributed by atoms with Crippen molar-refractivity contribution in [3.8, 4) is 0 Å². The van der Waals surface area contributed by atoms with E-state index in [1.54, 1.807) is 6.08 Å². The molecule has 1 heteroatoms. The second-order valence-corrected chi connectivity index (χ2v) is 3.18. The molecule has 0 spiro atoms. The monoisotopic (exact) mass is 200 g/mol. The molecule has 1 nitrogen and oxygen atoms in total. The van der Waals surface area contributed by atoms with Gasteiger partial charge in [-0.05, 0) is 24.5 Å². The third-order valence-corrected chi connectivity index (χ3v) is 2.07. The van der Waals surface area contributed by atoms with E-state index in [9.17, 15) is 0 Å². The van der Waals surface area contributed by atoms with Gasteiger partial charge in [-0.25, -0.2) is 0 Å². The summed E-state index contributed by atoms with van der Waals surface area (Å²) >= 11 is 0. The highest BCUT2D eigenvalue weighted by atomic mass is 16.5. The lowest BCUT2D eigenvalue weighted by molar-refractivity contribution is 0.221. The van der Waals surface area contributed by atoms with Gasteiger partial charge in [0, 0.05) is 0 Å². The van der Waals surface area contributed by atoms with E-state index < -0.39 is 0 Å². The van der Waals surface area contributed by atoms with Gasteiger partial charge < -0.3 is 4.74 Å². The van der Waals surface area contributed by atoms with Gasteiger partial charge in [0.1, 0.15) is 0 Å². The topological polar surface area (TPSA) is 9.23 Å². The van der Waals surface area contributed by atoms with E-state index in [2.05, 4.69) is 43.2 Å². The molecule has 0 unspecified atom stereocenters. The van der Waals surface area contributed by atoms with Crippen LogP contribution in [0.2, 0.25) is 0 Å². The molecular formula is C14H16O. The van der Waals surface area contributed by atoms with Crippen LogP contribution in [0.25, 0.3) is 0 Å². The maximum absolute atomic E-state index is 5.39. The standard InChI is InChI=1S/C14H16O/c1-3-14(4-2)15-12-8-11-13-9-6-5-7-10-13/h3,5-7,9-10H,1-2,8,11-12H2. The molecule has 0 saturated heterocycles. The van der Waals surface area contributed by atoms with Gasteiger partial charge in [0.05, 0.1) is 6.61 Å². The fourth-order valence-electron chi connectivity index (χ4n) is 1.29. The van der Waals surface area contributed by atoms with Gasteiger partial charge in [-0.1, -0.05) is 49.2 Å². The third-order valence-electron chi connectivity index (χ3n) is 2.07. The zero-order valence-corrected chi connectivity index (χ0v) is 8.91. The predicted octanol–water partition coefficient (Wildman–Crippen LogP) is 3.49. The Morgan fingerprint density at radius 2 is 2.07 bits per heavy atom. The van der Waals surface area contributed by atoms with Crippen LogP contribution in [0.3, 0.4) is 0 Å². The van der Waals surface area contributed by atoms with Crippen molar-refractivity contribution in [2.75, 3.05) is 6.61 Å². The molecular weight excluding hydrogens is 184 g/mol. The van der Waals surface area contributed by atoms with Gasteiger partial charge in [0.25, 0.3) is 0 Å². The molecule has 1 rings (SSSR count). The highest BCUT2D eigenvalue weighted by Crippen LogP contribution is 2.04. The van der Waals surface area contributed by atoms with Crippen LogP contribution in [0.15, 0.2) is 61.1 Å². The Balaban J connectivity index is 2.23. The first-order chi connectivity index (χ1) is 7.36. The van der Waals surface area contributed by atoms with Crippen molar-refractivity contribution in [1.82, 2.24) is 0 Å². The van der Waals surface area contributed by atoms with E-state index in [1.165, 1.54) is 5.56 Å². The van der Waals surface area contributed by atoms with E-state index in [0.717, 1.165) is 12.8 Å². The quantitative estimate of drug-likeness (QED) is 0.295. The van der Waals surface area contributed by atoms with Crippen LogP contribution < -0.4 is 0 Å². The number of aryl methyl sites for hydroxylation is 1. The number of hydrogen-bond donors (Lipinski definition) is 0. The third kappa shape index (κ3) is 4.35. The van der Waals surface area contributed by atoms with E-state index in [-0.39, 0.29) is 0 Å². The van der Waals surface area contributed by atoms with Gasteiger partial charge in [-0.2, -0.15) is 0 Å². The maximum Gasteiger partial charge on any atom is 0.161 e. The molecule has 0 aliphatic carbocycles. The molecule has 0 N–H and O–H groups in total. The van der Waals surface area contributed by atoms with E-state index in [0.29, 0.717) is 12.4 Å². The highest BCUT2D eigenvalue weighted by molar-refractivity contribution is 5.14. The molecule has 0 aromatic heterocycles. The first-order valence-electron chi connectivity index (χ1n) is 5.06. The Kier molecular flexibility index (Phi) is 5.07. The lowest BCUT2D eigenvalue weighted by Crippen LogP contribution is -1.95. The fourth-order valence-corrected chi connectivity index (χ4v) is 1.29. The van der Waals surface area contributed by atoms with E-state index >= 15 is 0 Å². The number of hydrogen-bond acceptors (Lipinski definition) is 1. The molecule has 0 radical (unpaired) electrons. The molecule has 78 valence electrons. The zero-order valence-electron chi connectivity index (χ0n) is 8.91. The Labute approximate surface area is 91.4 Å². The molecule has 0 heterocycles. The average molecular weight is 200 g/mol. The minimum atomic E-state index is 0.628. The molecule has 1 aromatic rings. The lowest BCUT2D eigenvalue weighted by Gasteiger charge is -2.04. The van der Waals surface area contributed by atoms with E-state index in [4.69, 9.17) is 4.74 Å². The summed E-state index contributed by atoms with van der Waals surface area (Å²) in [6.07, 6.45) is 3.64. The van der Waals surface area contributed by atoms with Gasteiger partial charge >= 0.3 is 0 Å². The van der Waals surface area contributed by atoms with Crippen LogP contribution in [0, 0.1) is 0 Å². The lowest BCUT2D eigenvalue weighted by atomic mass is 10.1. The molecule has 0 saturated carbocycles. The molecule has 15 heavy (non-hydrogen) atoms. The Hall–Kier alpha value is -1.72. The summed E-state index contributed by atoms with van der Waals surface area (Å²) < 4.78 is 5.39. The summed E-state index contributed by atoms with van der Waals surface area (Å²) in [6, 6.07) is 10.4. The summed E-state index contributed by atoms with van der Waals surface area (Å²) in [4.78, 5) is 0. The fraction of sp³-hybridized carbons (Fsp3) is 0.214. The van der Waals surface area contributed by atoms with Crippen molar-refractivity contribution in [2.45, 2.75) is 12.8 Å². The first kappa shape index (κ1) is 11.4. The van der Waals surface area contributed by atoms with Crippen molar-refractivity contribution >= 4 is 0 Å². The molecule has 0 amide bonds. The SMILES string of the molecule is C=C=C(C=C)OCCCc1ccccc1. The van der Waals surface area contributed by atoms with Crippen molar-refractivity contribution in [1.29, 1.82) is 0 Å². The summed E-state index contributed by atoms with van der Waals surface area (Å²) in [5.41, 5.74) is 4.01. The minimum absolute atomic E-state index is 0.628. The van der Waals surface area contributed by atoms with Crippen LogP contribution in [-0.2, 0) is 11.2 Å². The molecule has 0 atom stereocenters. The van der Waals surface area contributed by atoms with Gasteiger partial charge in [0.15, 0.2) is 5.76 Å². The zero-order chi connectivity index (χ0) is 10.9. The van der Waals surface area contributed by atoms with E-state index in [1.807, 2.05) is 6.07 Å². The number of allylic oxidation sites excluding steroid dienone is 1.